The van der Waals surface area contributed by atoms with E-state index in [9.17, 15) is 0 Å². The summed E-state index contributed by atoms with van der Waals surface area (Å²) in [5, 5.41) is 4.21. The highest BCUT2D eigenvalue weighted by Gasteiger charge is 2.35. The average molecular weight is 294 g/mol. The van der Waals surface area contributed by atoms with E-state index in [1.54, 1.807) is 0 Å². The van der Waals surface area contributed by atoms with Gasteiger partial charge in [0.05, 0.1) is 5.02 Å². The van der Waals surface area contributed by atoms with Gasteiger partial charge in [-0.2, -0.15) is 0 Å². The molecule has 2 fully saturated rings. The van der Waals surface area contributed by atoms with Gasteiger partial charge in [0.25, 0.3) is 0 Å². The van der Waals surface area contributed by atoms with Crippen LogP contribution < -0.4 is 10.2 Å². The predicted octanol–water partition coefficient (Wildman–Crippen LogP) is 3.61. The first-order valence-corrected chi connectivity index (χ1v) is 8.27. The molecule has 3 nitrogen and oxygen atoms in total. The summed E-state index contributed by atoms with van der Waals surface area (Å²) in [7, 11) is 0. The Bertz CT molecular complexity index is 455. The van der Waals surface area contributed by atoms with Crippen molar-refractivity contribution in [3.8, 4) is 0 Å². The molecule has 1 aromatic rings. The topological polar surface area (TPSA) is 28.2 Å². The maximum Gasteiger partial charge on any atom is 0.147 e. The van der Waals surface area contributed by atoms with E-state index in [0.29, 0.717) is 6.04 Å². The van der Waals surface area contributed by atoms with Crippen LogP contribution in [0.1, 0.15) is 44.6 Å². The molecule has 0 saturated heterocycles. The SMILES string of the molecule is CCCNCc1cnc(N(CC2CC2)C2CC2)c(Cl)c1. The molecule has 2 saturated carbocycles. The Kier molecular flexibility index (Phi) is 4.47. The van der Waals surface area contributed by atoms with E-state index in [1.165, 1.54) is 31.2 Å². The van der Waals surface area contributed by atoms with Crippen LogP contribution in [-0.2, 0) is 6.54 Å². The van der Waals surface area contributed by atoms with Crippen molar-refractivity contribution in [2.24, 2.45) is 5.92 Å². The van der Waals surface area contributed by atoms with Gasteiger partial charge in [-0.3, -0.25) is 0 Å². The van der Waals surface area contributed by atoms with Gasteiger partial charge >= 0.3 is 0 Å². The normalized spacial score (nSPS) is 18.3. The third-order valence-corrected chi connectivity index (χ3v) is 4.32. The molecular weight excluding hydrogens is 270 g/mol. The summed E-state index contributed by atoms with van der Waals surface area (Å²) in [5.41, 5.74) is 1.18. The average Bonchev–Trinajstić information content (AvgIpc) is 3.30. The summed E-state index contributed by atoms with van der Waals surface area (Å²) >= 11 is 6.48. The molecule has 0 unspecified atom stereocenters. The zero-order valence-electron chi connectivity index (χ0n) is 12.2. The van der Waals surface area contributed by atoms with Gasteiger partial charge in [-0.05, 0) is 56.2 Å². The van der Waals surface area contributed by atoms with Crippen LogP contribution in [0.3, 0.4) is 0 Å². The quantitative estimate of drug-likeness (QED) is 0.742. The van der Waals surface area contributed by atoms with Crippen LogP contribution in [0.15, 0.2) is 12.3 Å². The number of aromatic nitrogens is 1. The van der Waals surface area contributed by atoms with Gasteiger partial charge in [-0.1, -0.05) is 18.5 Å². The number of hydrogen-bond acceptors (Lipinski definition) is 3. The van der Waals surface area contributed by atoms with Gasteiger partial charge < -0.3 is 10.2 Å². The van der Waals surface area contributed by atoms with Crippen LogP contribution in [0.5, 0.6) is 0 Å². The fourth-order valence-electron chi connectivity index (χ4n) is 2.56. The van der Waals surface area contributed by atoms with Crippen LogP contribution in [0.4, 0.5) is 5.82 Å². The predicted molar refractivity (Wildman–Crippen MR) is 84.3 cm³/mol. The molecule has 0 aliphatic heterocycles. The number of rotatable bonds is 8. The summed E-state index contributed by atoms with van der Waals surface area (Å²) in [5.74, 6) is 1.87. The molecule has 110 valence electrons. The van der Waals surface area contributed by atoms with E-state index in [-0.39, 0.29) is 0 Å². The summed E-state index contributed by atoms with van der Waals surface area (Å²) in [4.78, 5) is 7.10. The molecule has 0 amide bonds. The van der Waals surface area contributed by atoms with Crippen molar-refractivity contribution in [1.29, 1.82) is 0 Å². The molecule has 0 atom stereocenters. The van der Waals surface area contributed by atoms with Crippen LogP contribution in [0, 0.1) is 5.92 Å². The molecule has 1 heterocycles. The van der Waals surface area contributed by atoms with Crippen molar-refractivity contribution in [3.05, 3.63) is 22.8 Å². The molecule has 4 heteroatoms. The minimum atomic E-state index is 0.685. The molecule has 0 spiro atoms. The first-order chi connectivity index (χ1) is 9.78. The molecule has 2 aliphatic carbocycles. The molecule has 0 radical (unpaired) electrons. The van der Waals surface area contributed by atoms with Gasteiger partial charge in [-0.15, -0.1) is 0 Å². The number of nitrogens with one attached hydrogen (secondary N) is 1. The van der Waals surface area contributed by atoms with Gasteiger partial charge in [0, 0.05) is 25.3 Å². The lowest BCUT2D eigenvalue weighted by Gasteiger charge is -2.24. The van der Waals surface area contributed by atoms with Crippen LogP contribution in [0.2, 0.25) is 5.02 Å². The molecule has 0 bridgehead atoms. The van der Waals surface area contributed by atoms with Crippen molar-refractivity contribution in [1.82, 2.24) is 10.3 Å². The van der Waals surface area contributed by atoms with E-state index in [2.05, 4.69) is 28.2 Å². The first-order valence-electron chi connectivity index (χ1n) is 7.89. The molecule has 0 aromatic carbocycles. The Labute approximate surface area is 126 Å². The smallest absolute Gasteiger partial charge is 0.147 e. The van der Waals surface area contributed by atoms with Crippen molar-refractivity contribution in [2.45, 2.75) is 51.6 Å². The second-order valence-electron chi connectivity index (χ2n) is 6.15. The van der Waals surface area contributed by atoms with Gasteiger partial charge in [0.2, 0.25) is 0 Å². The summed E-state index contributed by atoms with van der Waals surface area (Å²) in [6, 6.07) is 2.76. The summed E-state index contributed by atoms with van der Waals surface area (Å²) in [6.45, 7) is 5.21. The fraction of sp³-hybridized carbons (Fsp3) is 0.688. The number of nitrogens with zero attached hydrogens (tertiary/aromatic N) is 2. The molecule has 20 heavy (non-hydrogen) atoms. The van der Waals surface area contributed by atoms with E-state index in [1.807, 2.05) is 6.20 Å². The number of halogens is 1. The molecule has 3 rings (SSSR count). The van der Waals surface area contributed by atoms with Gasteiger partial charge in [-0.25, -0.2) is 4.98 Å². The maximum atomic E-state index is 6.48. The van der Waals surface area contributed by atoms with Crippen molar-refractivity contribution in [3.63, 3.8) is 0 Å². The van der Waals surface area contributed by atoms with E-state index in [0.717, 1.165) is 42.8 Å². The zero-order chi connectivity index (χ0) is 13.9. The third-order valence-electron chi connectivity index (χ3n) is 4.05. The Morgan fingerprint density at radius 2 is 2.15 bits per heavy atom. The van der Waals surface area contributed by atoms with Crippen molar-refractivity contribution < 1.29 is 0 Å². The van der Waals surface area contributed by atoms with Crippen LogP contribution >= 0.6 is 11.6 Å². The van der Waals surface area contributed by atoms with Crippen LogP contribution in [0.25, 0.3) is 0 Å². The first kappa shape index (κ1) is 14.2. The number of pyridine rings is 1. The summed E-state index contributed by atoms with van der Waals surface area (Å²) < 4.78 is 0. The summed E-state index contributed by atoms with van der Waals surface area (Å²) in [6.07, 6.45) is 8.47. The monoisotopic (exact) mass is 293 g/mol. The standard InChI is InChI=1S/C16H24ClN3/c1-2-7-18-9-13-8-15(17)16(19-10-13)20(14-5-6-14)11-12-3-4-12/h8,10,12,14,18H,2-7,9,11H2,1H3. The lowest BCUT2D eigenvalue weighted by atomic mass is 10.2. The lowest BCUT2D eigenvalue weighted by molar-refractivity contribution is 0.672. The molecule has 1 N–H and O–H groups in total. The minimum Gasteiger partial charge on any atom is -0.352 e. The fourth-order valence-corrected chi connectivity index (χ4v) is 2.86. The van der Waals surface area contributed by atoms with Gasteiger partial charge in [0.15, 0.2) is 0 Å². The van der Waals surface area contributed by atoms with Crippen LogP contribution in [-0.4, -0.2) is 24.1 Å². The van der Waals surface area contributed by atoms with Crippen molar-refractivity contribution in [2.75, 3.05) is 18.0 Å². The lowest BCUT2D eigenvalue weighted by Crippen LogP contribution is -2.29. The third kappa shape index (κ3) is 3.64. The highest BCUT2D eigenvalue weighted by atomic mass is 35.5. The van der Waals surface area contributed by atoms with E-state index >= 15 is 0 Å². The number of hydrogen-bond donors (Lipinski definition) is 1. The van der Waals surface area contributed by atoms with Gasteiger partial charge in [0.1, 0.15) is 5.82 Å². The Morgan fingerprint density at radius 1 is 1.35 bits per heavy atom. The molecule has 2 aliphatic rings. The largest absolute Gasteiger partial charge is 0.352 e. The molecule has 1 aromatic heterocycles. The highest BCUT2D eigenvalue weighted by molar-refractivity contribution is 6.33. The second kappa shape index (κ2) is 6.31. The van der Waals surface area contributed by atoms with Crippen molar-refractivity contribution >= 4 is 17.4 Å². The van der Waals surface area contributed by atoms with E-state index in [4.69, 9.17) is 11.6 Å². The Morgan fingerprint density at radius 3 is 2.75 bits per heavy atom. The number of anilines is 1. The highest BCUT2D eigenvalue weighted by Crippen LogP contribution is 2.39. The maximum absolute atomic E-state index is 6.48. The second-order valence-corrected chi connectivity index (χ2v) is 6.56. The zero-order valence-corrected chi connectivity index (χ0v) is 13.0. The minimum absolute atomic E-state index is 0.685. The Balaban J connectivity index is 1.68. The molecular formula is C16H24ClN3. The Hall–Kier alpha value is -0.800. The van der Waals surface area contributed by atoms with E-state index < -0.39 is 0 Å².